The molecule has 4 nitrogen and oxygen atoms in total. The van der Waals surface area contributed by atoms with E-state index >= 15 is 0 Å². The first-order valence-corrected chi connectivity index (χ1v) is 4.28. The number of hydrogen-bond donors (Lipinski definition) is 0. The third kappa shape index (κ3) is 1.39. The van der Waals surface area contributed by atoms with Crippen LogP contribution in [-0.4, -0.2) is 29.2 Å². The number of amides is 1. The first-order chi connectivity index (χ1) is 6.31. The Morgan fingerprint density at radius 3 is 3.15 bits per heavy atom. The van der Waals surface area contributed by atoms with E-state index in [1.807, 2.05) is 18.3 Å². The standard InChI is InChI=1S/C9H12N2O2/c1-13-9(12)11-6-5-10-4-2-3-8(10)7-11/h2-4H,5-7H2,1H3. The van der Waals surface area contributed by atoms with E-state index < -0.39 is 0 Å². The van der Waals surface area contributed by atoms with Gasteiger partial charge in [0, 0.05) is 25.0 Å². The van der Waals surface area contributed by atoms with Gasteiger partial charge in [0.05, 0.1) is 13.7 Å². The van der Waals surface area contributed by atoms with Crippen molar-refractivity contribution in [2.45, 2.75) is 13.1 Å². The second-order valence-electron chi connectivity index (χ2n) is 3.08. The van der Waals surface area contributed by atoms with Gasteiger partial charge in [-0.25, -0.2) is 4.79 Å². The van der Waals surface area contributed by atoms with E-state index in [0.29, 0.717) is 6.54 Å². The van der Waals surface area contributed by atoms with Gasteiger partial charge in [0.1, 0.15) is 0 Å². The number of methoxy groups -OCH3 is 1. The molecule has 70 valence electrons. The summed E-state index contributed by atoms with van der Waals surface area (Å²) < 4.78 is 6.81. The minimum atomic E-state index is -0.243. The van der Waals surface area contributed by atoms with Gasteiger partial charge in [-0.2, -0.15) is 0 Å². The molecule has 0 spiro atoms. The summed E-state index contributed by atoms with van der Waals surface area (Å²) in [5, 5.41) is 0. The van der Waals surface area contributed by atoms with Gasteiger partial charge in [-0.15, -0.1) is 0 Å². The zero-order valence-electron chi connectivity index (χ0n) is 7.56. The SMILES string of the molecule is COC(=O)N1CCn2cccc2C1. The Morgan fingerprint density at radius 2 is 2.38 bits per heavy atom. The zero-order chi connectivity index (χ0) is 9.26. The highest BCUT2D eigenvalue weighted by molar-refractivity contribution is 5.67. The molecule has 1 aromatic rings. The highest BCUT2D eigenvalue weighted by Gasteiger charge is 2.19. The maximum absolute atomic E-state index is 11.2. The summed E-state index contributed by atoms with van der Waals surface area (Å²) in [7, 11) is 1.41. The Kier molecular flexibility index (Phi) is 1.96. The van der Waals surface area contributed by atoms with Crippen LogP contribution in [0.3, 0.4) is 0 Å². The van der Waals surface area contributed by atoms with Gasteiger partial charge in [-0.3, -0.25) is 0 Å². The molecule has 0 bridgehead atoms. The molecule has 2 rings (SSSR count). The number of carbonyl (C=O) groups is 1. The molecule has 4 heteroatoms. The van der Waals surface area contributed by atoms with E-state index in [4.69, 9.17) is 0 Å². The number of fused-ring (bicyclic) bond motifs is 1. The molecule has 0 fully saturated rings. The molecule has 1 aromatic heterocycles. The van der Waals surface area contributed by atoms with E-state index in [2.05, 4.69) is 9.30 Å². The second-order valence-corrected chi connectivity index (χ2v) is 3.08. The van der Waals surface area contributed by atoms with Crippen LogP contribution in [0.2, 0.25) is 0 Å². The summed E-state index contributed by atoms with van der Waals surface area (Å²) in [5.74, 6) is 0. The molecule has 0 N–H and O–H groups in total. The second kappa shape index (κ2) is 3.12. The molecule has 0 aliphatic carbocycles. The van der Waals surface area contributed by atoms with Crippen LogP contribution >= 0.6 is 0 Å². The molecule has 1 amide bonds. The van der Waals surface area contributed by atoms with Gasteiger partial charge in [0.25, 0.3) is 0 Å². The molecule has 0 saturated heterocycles. The summed E-state index contributed by atoms with van der Waals surface area (Å²) in [6.45, 7) is 2.24. The minimum Gasteiger partial charge on any atom is -0.453 e. The fraction of sp³-hybridized carbons (Fsp3) is 0.444. The van der Waals surface area contributed by atoms with Crippen molar-refractivity contribution >= 4 is 6.09 Å². The highest BCUT2D eigenvalue weighted by Crippen LogP contribution is 2.13. The van der Waals surface area contributed by atoms with E-state index in [1.54, 1.807) is 4.90 Å². The number of ether oxygens (including phenoxy) is 1. The Balaban J connectivity index is 2.13. The minimum absolute atomic E-state index is 0.243. The predicted octanol–water partition coefficient (Wildman–Crippen LogP) is 1.07. The van der Waals surface area contributed by atoms with Crippen LogP contribution < -0.4 is 0 Å². The Labute approximate surface area is 76.7 Å². The van der Waals surface area contributed by atoms with Gasteiger partial charge in [-0.1, -0.05) is 0 Å². The van der Waals surface area contributed by atoms with E-state index in [1.165, 1.54) is 7.11 Å². The lowest BCUT2D eigenvalue weighted by Gasteiger charge is -2.27. The summed E-state index contributed by atoms with van der Waals surface area (Å²) in [6, 6.07) is 4.02. The van der Waals surface area contributed by atoms with Crippen LogP contribution in [0, 0.1) is 0 Å². The lowest BCUT2D eigenvalue weighted by Crippen LogP contribution is -2.37. The third-order valence-electron chi connectivity index (χ3n) is 2.32. The van der Waals surface area contributed by atoms with E-state index in [9.17, 15) is 4.79 Å². The lowest BCUT2D eigenvalue weighted by atomic mass is 10.3. The van der Waals surface area contributed by atoms with Crippen LogP contribution in [0.1, 0.15) is 5.69 Å². The van der Waals surface area contributed by atoms with Gasteiger partial charge in [0.15, 0.2) is 0 Å². The lowest BCUT2D eigenvalue weighted by molar-refractivity contribution is 0.112. The third-order valence-corrected chi connectivity index (χ3v) is 2.32. The maximum atomic E-state index is 11.2. The molecule has 0 unspecified atom stereocenters. The molecule has 0 atom stereocenters. The van der Waals surface area contributed by atoms with Crippen molar-refractivity contribution in [3.05, 3.63) is 24.0 Å². The van der Waals surface area contributed by atoms with Crippen LogP contribution in [0.25, 0.3) is 0 Å². The van der Waals surface area contributed by atoms with Gasteiger partial charge < -0.3 is 14.2 Å². The molecule has 0 saturated carbocycles. The fourth-order valence-corrected chi connectivity index (χ4v) is 1.60. The monoisotopic (exact) mass is 180 g/mol. The summed E-state index contributed by atoms with van der Waals surface area (Å²) in [5.41, 5.74) is 1.16. The van der Waals surface area contributed by atoms with Crippen LogP contribution in [0.4, 0.5) is 4.79 Å². The summed E-state index contributed by atoms with van der Waals surface area (Å²) in [4.78, 5) is 12.9. The Morgan fingerprint density at radius 1 is 1.54 bits per heavy atom. The smallest absolute Gasteiger partial charge is 0.409 e. The largest absolute Gasteiger partial charge is 0.453 e. The summed E-state index contributed by atoms with van der Waals surface area (Å²) >= 11 is 0. The Bertz CT molecular complexity index is 319. The first-order valence-electron chi connectivity index (χ1n) is 4.28. The molecule has 0 aromatic carbocycles. The van der Waals surface area contributed by atoms with Crippen LogP contribution in [-0.2, 0) is 17.8 Å². The number of rotatable bonds is 0. The number of hydrogen-bond acceptors (Lipinski definition) is 2. The average Bonchev–Trinajstić information content (AvgIpc) is 2.63. The molecule has 0 radical (unpaired) electrons. The van der Waals surface area contributed by atoms with Gasteiger partial charge >= 0.3 is 6.09 Å². The molecule has 1 aliphatic rings. The van der Waals surface area contributed by atoms with Crippen molar-refractivity contribution < 1.29 is 9.53 Å². The highest BCUT2D eigenvalue weighted by atomic mass is 16.5. The maximum Gasteiger partial charge on any atom is 0.409 e. The first kappa shape index (κ1) is 8.16. The molecule has 13 heavy (non-hydrogen) atoms. The topological polar surface area (TPSA) is 34.5 Å². The average molecular weight is 180 g/mol. The van der Waals surface area contributed by atoms with Crippen molar-refractivity contribution in [3.63, 3.8) is 0 Å². The molecular weight excluding hydrogens is 168 g/mol. The quantitative estimate of drug-likeness (QED) is 0.598. The summed E-state index contributed by atoms with van der Waals surface area (Å²) in [6.07, 6.45) is 1.79. The van der Waals surface area contributed by atoms with Crippen molar-refractivity contribution in [2.75, 3.05) is 13.7 Å². The molecule has 2 heterocycles. The van der Waals surface area contributed by atoms with Crippen LogP contribution in [0.5, 0.6) is 0 Å². The number of aromatic nitrogens is 1. The normalized spacial score (nSPS) is 15.3. The molecule has 1 aliphatic heterocycles. The van der Waals surface area contributed by atoms with Crippen molar-refractivity contribution in [1.82, 2.24) is 9.47 Å². The van der Waals surface area contributed by atoms with Gasteiger partial charge in [0.2, 0.25) is 0 Å². The fourth-order valence-electron chi connectivity index (χ4n) is 1.60. The van der Waals surface area contributed by atoms with Crippen molar-refractivity contribution in [1.29, 1.82) is 0 Å². The number of nitrogens with zero attached hydrogens (tertiary/aromatic N) is 2. The Hall–Kier alpha value is -1.45. The predicted molar refractivity (Wildman–Crippen MR) is 47.2 cm³/mol. The molecular formula is C9H12N2O2. The van der Waals surface area contributed by atoms with Crippen molar-refractivity contribution in [3.8, 4) is 0 Å². The van der Waals surface area contributed by atoms with Crippen LogP contribution in [0.15, 0.2) is 18.3 Å². The van der Waals surface area contributed by atoms with E-state index in [-0.39, 0.29) is 6.09 Å². The van der Waals surface area contributed by atoms with Crippen molar-refractivity contribution in [2.24, 2.45) is 0 Å². The van der Waals surface area contributed by atoms with Gasteiger partial charge in [-0.05, 0) is 12.1 Å². The van der Waals surface area contributed by atoms with E-state index in [0.717, 1.165) is 18.8 Å². The zero-order valence-corrected chi connectivity index (χ0v) is 7.56. The number of carbonyl (C=O) groups excluding carboxylic acids is 1.